The molecule has 22 heavy (non-hydrogen) atoms. The highest BCUT2D eigenvalue weighted by Gasteiger charge is 2.25. The molecule has 2 amide bonds. The number of morpholine rings is 1. The third kappa shape index (κ3) is 3.72. The van der Waals surface area contributed by atoms with Crippen molar-refractivity contribution in [3.8, 4) is 0 Å². The molecular formula is C16H22ClN3O2. The first-order chi connectivity index (χ1) is 10.7. The minimum Gasteiger partial charge on any atom is -0.379 e. The van der Waals surface area contributed by atoms with Gasteiger partial charge in [0.2, 0.25) is 0 Å². The number of likely N-dealkylation sites (tertiary alicyclic amines) is 1. The lowest BCUT2D eigenvalue weighted by Gasteiger charge is -2.36. The van der Waals surface area contributed by atoms with Gasteiger partial charge in [0, 0.05) is 37.7 Å². The lowest BCUT2D eigenvalue weighted by atomic mass is 10.0. The largest absolute Gasteiger partial charge is 0.379 e. The summed E-state index contributed by atoms with van der Waals surface area (Å²) in [5, 5.41) is 3.79. The number of nitrogens with one attached hydrogen (secondary N) is 1. The van der Waals surface area contributed by atoms with Crippen molar-refractivity contribution in [1.82, 2.24) is 15.1 Å². The molecule has 0 radical (unpaired) electrons. The number of halogens is 1. The fourth-order valence-electron chi connectivity index (χ4n) is 2.88. The average Bonchev–Trinajstić information content (AvgIpc) is 2.47. The van der Waals surface area contributed by atoms with Crippen LogP contribution in [0, 0.1) is 0 Å². The van der Waals surface area contributed by atoms with Gasteiger partial charge >= 0.3 is 6.03 Å². The molecule has 6 heteroatoms. The van der Waals surface area contributed by atoms with Crippen LogP contribution in [0.2, 0.25) is 5.02 Å². The summed E-state index contributed by atoms with van der Waals surface area (Å²) in [6, 6.07) is 8.06. The molecule has 5 nitrogen and oxygen atoms in total. The van der Waals surface area contributed by atoms with Crippen LogP contribution in [-0.4, -0.2) is 61.8 Å². The summed E-state index contributed by atoms with van der Waals surface area (Å²) in [7, 11) is 0. The van der Waals surface area contributed by atoms with Gasteiger partial charge in [-0.05, 0) is 24.1 Å². The van der Waals surface area contributed by atoms with Gasteiger partial charge in [-0.15, -0.1) is 0 Å². The second-order valence-corrected chi connectivity index (χ2v) is 6.18. The highest BCUT2D eigenvalue weighted by Crippen LogP contribution is 2.24. The van der Waals surface area contributed by atoms with Crippen molar-refractivity contribution in [2.45, 2.75) is 12.5 Å². The van der Waals surface area contributed by atoms with Gasteiger partial charge in [-0.1, -0.05) is 23.7 Å². The topological polar surface area (TPSA) is 44.8 Å². The molecule has 2 fully saturated rings. The van der Waals surface area contributed by atoms with Crippen molar-refractivity contribution in [2.24, 2.45) is 0 Å². The number of carbonyl (C=O) groups excluding carboxylic acids is 1. The third-order valence-electron chi connectivity index (χ3n) is 4.31. The summed E-state index contributed by atoms with van der Waals surface area (Å²) >= 11 is 6.13. The Morgan fingerprint density at radius 1 is 1.27 bits per heavy atom. The van der Waals surface area contributed by atoms with Gasteiger partial charge in [-0.2, -0.15) is 0 Å². The maximum Gasteiger partial charge on any atom is 0.317 e. The molecule has 2 heterocycles. The van der Waals surface area contributed by atoms with Gasteiger partial charge in [0.15, 0.2) is 0 Å². The van der Waals surface area contributed by atoms with Gasteiger partial charge in [0.1, 0.15) is 0 Å². The number of benzene rings is 1. The van der Waals surface area contributed by atoms with Gasteiger partial charge in [-0.3, -0.25) is 4.90 Å². The van der Waals surface area contributed by atoms with E-state index >= 15 is 0 Å². The predicted octanol–water partition coefficient (Wildman–Crippen LogP) is 2.13. The summed E-state index contributed by atoms with van der Waals surface area (Å²) in [6.45, 7) is 5.54. The molecule has 0 bridgehead atoms. The van der Waals surface area contributed by atoms with Crippen molar-refractivity contribution in [3.63, 3.8) is 0 Å². The zero-order chi connectivity index (χ0) is 15.4. The third-order valence-corrected chi connectivity index (χ3v) is 4.54. The van der Waals surface area contributed by atoms with Crippen LogP contribution in [0.4, 0.5) is 4.79 Å². The lowest BCUT2D eigenvalue weighted by molar-refractivity contribution is 0.0163. The first-order valence-electron chi connectivity index (χ1n) is 7.84. The molecule has 1 atom stereocenters. The molecule has 1 N–H and O–H groups in total. The van der Waals surface area contributed by atoms with E-state index in [1.807, 2.05) is 23.1 Å². The van der Waals surface area contributed by atoms with Crippen LogP contribution in [0.15, 0.2) is 24.3 Å². The molecule has 2 aliphatic heterocycles. The molecule has 0 aliphatic carbocycles. The second-order valence-electron chi connectivity index (χ2n) is 5.75. The summed E-state index contributed by atoms with van der Waals surface area (Å²) in [5.74, 6) is 0. The molecule has 0 spiro atoms. The number of rotatable bonds is 4. The smallest absolute Gasteiger partial charge is 0.317 e. The number of ether oxygens (including phenoxy) is 1. The van der Waals surface area contributed by atoms with Crippen LogP contribution in [0.1, 0.15) is 18.0 Å². The van der Waals surface area contributed by atoms with Gasteiger partial charge in [0.05, 0.1) is 19.3 Å². The van der Waals surface area contributed by atoms with Gasteiger partial charge in [-0.25, -0.2) is 4.79 Å². The molecule has 3 rings (SSSR count). The standard InChI is InChI=1S/C16H22ClN3O2/c17-14-4-1-3-13(11-14)15(19-7-9-22-10-8-19)12-18-16(21)20-5-2-6-20/h1,3-4,11,15H,2,5-10,12H2,(H,18,21)/t15-/m1/s1. The number of nitrogens with zero attached hydrogens (tertiary/aromatic N) is 2. The van der Waals surface area contributed by atoms with Crippen LogP contribution >= 0.6 is 11.6 Å². The number of hydrogen-bond acceptors (Lipinski definition) is 3. The van der Waals surface area contributed by atoms with Crippen molar-refractivity contribution < 1.29 is 9.53 Å². The molecular weight excluding hydrogens is 302 g/mol. The van der Waals surface area contributed by atoms with Crippen molar-refractivity contribution in [2.75, 3.05) is 45.9 Å². The number of urea groups is 1. The maximum atomic E-state index is 12.1. The Labute approximate surface area is 136 Å². The maximum absolute atomic E-state index is 12.1. The van der Waals surface area contributed by atoms with Crippen LogP contribution in [-0.2, 0) is 4.74 Å². The Morgan fingerprint density at radius 2 is 2.05 bits per heavy atom. The van der Waals surface area contributed by atoms with E-state index in [0.29, 0.717) is 6.54 Å². The van der Waals surface area contributed by atoms with E-state index in [2.05, 4.69) is 16.3 Å². The number of amides is 2. The second kappa shape index (κ2) is 7.31. The molecule has 0 unspecified atom stereocenters. The van der Waals surface area contributed by atoms with E-state index < -0.39 is 0 Å². The molecule has 1 aromatic carbocycles. The van der Waals surface area contributed by atoms with Gasteiger partial charge in [0.25, 0.3) is 0 Å². The number of hydrogen-bond donors (Lipinski definition) is 1. The zero-order valence-electron chi connectivity index (χ0n) is 12.6. The molecule has 0 aromatic heterocycles. The zero-order valence-corrected chi connectivity index (χ0v) is 13.4. The van der Waals surface area contributed by atoms with Gasteiger partial charge < -0.3 is 15.0 Å². The summed E-state index contributed by atoms with van der Waals surface area (Å²) in [6.07, 6.45) is 1.11. The van der Waals surface area contributed by atoms with Crippen LogP contribution in [0.5, 0.6) is 0 Å². The van der Waals surface area contributed by atoms with Crippen molar-refractivity contribution in [3.05, 3.63) is 34.9 Å². The first-order valence-corrected chi connectivity index (χ1v) is 8.22. The fourth-order valence-corrected chi connectivity index (χ4v) is 3.07. The Balaban J connectivity index is 1.68. The molecule has 120 valence electrons. The minimum atomic E-state index is 0.0338. The predicted molar refractivity (Wildman–Crippen MR) is 86.2 cm³/mol. The molecule has 1 aromatic rings. The normalized spacial score (nSPS) is 20.3. The highest BCUT2D eigenvalue weighted by atomic mass is 35.5. The Kier molecular flexibility index (Phi) is 5.18. The lowest BCUT2D eigenvalue weighted by Crippen LogP contribution is -2.50. The average molecular weight is 324 g/mol. The summed E-state index contributed by atoms with van der Waals surface area (Å²) in [5.41, 5.74) is 1.14. The van der Waals surface area contributed by atoms with Crippen LogP contribution < -0.4 is 5.32 Å². The summed E-state index contributed by atoms with van der Waals surface area (Å²) in [4.78, 5) is 16.3. The summed E-state index contributed by atoms with van der Waals surface area (Å²) < 4.78 is 5.44. The first kappa shape index (κ1) is 15.6. The SMILES string of the molecule is O=C(NC[C@H](c1cccc(Cl)c1)N1CCOCC1)N1CCC1. The van der Waals surface area contributed by atoms with E-state index in [9.17, 15) is 4.79 Å². The highest BCUT2D eigenvalue weighted by molar-refractivity contribution is 6.30. The molecule has 2 aliphatic rings. The van der Waals surface area contributed by atoms with E-state index in [-0.39, 0.29) is 12.1 Å². The van der Waals surface area contributed by atoms with Crippen molar-refractivity contribution >= 4 is 17.6 Å². The fraction of sp³-hybridized carbons (Fsp3) is 0.562. The Morgan fingerprint density at radius 3 is 2.68 bits per heavy atom. The molecule has 2 saturated heterocycles. The molecule has 0 saturated carbocycles. The van der Waals surface area contributed by atoms with E-state index in [4.69, 9.17) is 16.3 Å². The quantitative estimate of drug-likeness (QED) is 0.923. The van der Waals surface area contributed by atoms with Crippen molar-refractivity contribution in [1.29, 1.82) is 0 Å². The Bertz CT molecular complexity index is 516. The monoisotopic (exact) mass is 323 g/mol. The van der Waals surface area contributed by atoms with E-state index in [1.54, 1.807) is 0 Å². The Hall–Kier alpha value is -1.30. The van der Waals surface area contributed by atoms with Crippen LogP contribution in [0.3, 0.4) is 0 Å². The van der Waals surface area contributed by atoms with E-state index in [0.717, 1.165) is 56.4 Å². The number of carbonyl (C=O) groups is 1. The van der Waals surface area contributed by atoms with Crippen LogP contribution in [0.25, 0.3) is 0 Å². The van der Waals surface area contributed by atoms with E-state index in [1.165, 1.54) is 0 Å². The minimum absolute atomic E-state index is 0.0338.